The lowest BCUT2D eigenvalue weighted by Gasteiger charge is -2.37. The molecule has 5 heteroatoms. The second kappa shape index (κ2) is 7.10. The highest BCUT2D eigenvalue weighted by molar-refractivity contribution is 5.04. The van der Waals surface area contributed by atoms with Crippen molar-refractivity contribution in [2.75, 3.05) is 13.7 Å². The highest BCUT2D eigenvalue weighted by atomic mass is 19.1. The van der Waals surface area contributed by atoms with Crippen molar-refractivity contribution in [1.29, 1.82) is 0 Å². The Labute approximate surface area is 131 Å². The largest absolute Gasteiger partial charge is 0.378 e. The average molecular weight is 318 g/mol. The third-order valence-electron chi connectivity index (χ3n) is 5.75. The van der Waals surface area contributed by atoms with E-state index in [4.69, 9.17) is 14.2 Å². The van der Waals surface area contributed by atoms with E-state index in [2.05, 4.69) is 6.92 Å². The van der Waals surface area contributed by atoms with Crippen LogP contribution in [0.5, 0.6) is 0 Å². The monoisotopic (exact) mass is 318 g/mol. The van der Waals surface area contributed by atoms with E-state index in [1.54, 1.807) is 0 Å². The lowest BCUT2D eigenvalue weighted by Crippen LogP contribution is -2.45. The minimum absolute atomic E-state index is 0.140. The molecule has 0 aromatic carbocycles. The van der Waals surface area contributed by atoms with Crippen LogP contribution in [0.4, 0.5) is 8.78 Å². The molecule has 0 radical (unpaired) electrons. The van der Waals surface area contributed by atoms with Crippen LogP contribution in [0.2, 0.25) is 0 Å². The van der Waals surface area contributed by atoms with Crippen LogP contribution in [0.25, 0.3) is 0 Å². The van der Waals surface area contributed by atoms with Crippen LogP contribution in [-0.4, -0.2) is 50.5 Å². The molecule has 3 fully saturated rings. The van der Waals surface area contributed by atoms with E-state index in [-0.39, 0.29) is 17.9 Å². The van der Waals surface area contributed by atoms with Crippen molar-refractivity contribution in [2.24, 2.45) is 11.8 Å². The van der Waals surface area contributed by atoms with Gasteiger partial charge in [-0.05, 0) is 43.9 Å². The molecule has 0 spiro atoms. The first kappa shape index (κ1) is 16.6. The highest BCUT2D eigenvalue weighted by Gasteiger charge is 2.57. The molecule has 2 aliphatic carbocycles. The number of ether oxygens (including phenoxy) is 3. The van der Waals surface area contributed by atoms with Crippen molar-refractivity contribution in [2.45, 2.75) is 82.2 Å². The second-order valence-electron chi connectivity index (χ2n) is 6.97. The first-order valence-electron chi connectivity index (χ1n) is 8.75. The number of methoxy groups -OCH3 is 1. The van der Waals surface area contributed by atoms with Crippen LogP contribution >= 0.6 is 0 Å². The molecular weight excluding hydrogens is 290 g/mol. The number of hydrogen-bond acceptors (Lipinski definition) is 3. The summed E-state index contributed by atoms with van der Waals surface area (Å²) in [5.74, 6) is 0.281. The van der Waals surface area contributed by atoms with Crippen molar-refractivity contribution in [3.8, 4) is 0 Å². The maximum atomic E-state index is 14.8. The van der Waals surface area contributed by atoms with Gasteiger partial charge in [0, 0.05) is 13.7 Å². The Balaban J connectivity index is 1.63. The Hall–Kier alpha value is -0.260. The Bertz CT molecular complexity index is 368. The van der Waals surface area contributed by atoms with Gasteiger partial charge >= 0.3 is 0 Å². The number of rotatable bonds is 5. The minimum Gasteiger partial charge on any atom is -0.378 e. The molecule has 0 N–H and O–H groups in total. The van der Waals surface area contributed by atoms with Crippen molar-refractivity contribution in [1.82, 2.24) is 0 Å². The maximum Gasteiger partial charge on any atom is 0.152 e. The molecule has 0 amide bonds. The molecule has 0 aromatic rings. The average Bonchev–Trinajstić information content (AvgIpc) is 2.91. The molecule has 0 aromatic heterocycles. The number of fused-ring (bicyclic) bond motifs is 3. The Morgan fingerprint density at radius 3 is 2.14 bits per heavy atom. The van der Waals surface area contributed by atoms with Crippen LogP contribution < -0.4 is 0 Å². The molecule has 128 valence electrons. The van der Waals surface area contributed by atoms with Crippen molar-refractivity contribution >= 4 is 0 Å². The zero-order chi connectivity index (χ0) is 15.7. The standard InChI is InChI=1S/C17H28F2O3/c1-3-4-9-21-13-8-6-11-10-5-7-12(20-2)14(18)16(10)22-17(11)15(13)19/h10-17H,3-9H2,1-2H3. The van der Waals surface area contributed by atoms with Crippen LogP contribution in [-0.2, 0) is 14.2 Å². The molecule has 1 aliphatic heterocycles. The molecule has 1 heterocycles. The van der Waals surface area contributed by atoms with E-state index in [1.807, 2.05) is 0 Å². The lowest BCUT2D eigenvalue weighted by atomic mass is 9.71. The fourth-order valence-electron chi connectivity index (χ4n) is 4.51. The molecule has 3 rings (SSSR count). The van der Waals surface area contributed by atoms with Gasteiger partial charge in [0.15, 0.2) is 12.3 Å². The van der Waals surface area contributed by atoms with Gasteiger partial charge in [-0.15, -0.1) is 0 Å². The third kappa shape index (κ3) is 2.92. The third-order valence-corrected chi connectivity index (χ3v) is 5.75. The van der Waals surface area contributed by atoms with E-state index in [0.29, 0.717) is 13.0 Å². The first-order chi connectivity index (χ1) is 10.7. The molecule has 3 aliphatic rings. The summed E-state index contributed by atoms with van der Waals surface area (Å²) in [4.78, 5) is 0. The molecular formula is C17H28F2O3. The lowest BCUT2D eigenvalue weighted by molar-refractivity contribution is -0.129. The van der Waals surface area contributed by atoms with E-state index >= 15 is 0 Å². The molecule has 0 bridgehead atoms. The summed E-state index contributed by atoms with van der Waals surface area (Å²) in [7, 11) is 1.54. The minimum atomic E-state index is -1.14. The van der Waals surface area contributed by atoms with Crippen molar-refractivity contribution < 1.29 is 23.0 Å². The summed E-state index contributed by atoms with van der Waals surface area (Å²) in [6.07, 6.45) is 1.12. The quantitative estimate of drug-likeness (QED) is 0.727. The van der Waals surface area contributed by atoms with Gasteiger partial charge in [0.2, 0.25) is 0 Å². The van der Waals surface area contributed by atoms with Gasteiger partial charge in [-0.1, -0.05) is 13.3 Å². The smallest absolute Gasteiger partial charge is 0.152 e. The topological polar surface area (TPSA) is 27.7 Å². The summed E-state index contributed by atoms with van der Waals surface area (Å²) in [5, 5.41) is 0. The Kier molecular flexibility index (Phi) is 5.35. The van der Waals surface area contributed by atoms with Gasteiger partial charge in [-0.3, -0.25) is 0 Å². The summed E-state index contributed by atoms with van der Waals surface area (Å²) in [6.45, 7) is 2.69. The zero-order valence-corrected chi connectivity index (χ0v) is 13.5. The molecule has 8 atom stereocenters. The SMILES string of the molecule is CCCCOC1CCC2C3CCC(OC)C(F)C3OC2C1F. The summed E-state index contributed by atoms with van der Waals surface area (Å²) in [6, 6.07) is 0. The Morgan fingerprint density at radius 1 is 0.955 bits per heavy atom. The molecule has 3 nitrogen and oxygen atoms in total. The van der Waals surface area contributed by atoms with Gasteiger partial charge in [-0.25, -0.2) is 8.78 Å². The predicted octanol–water partition coefficient (Wildman–Crippen LogP) is 3.45. The van der Waals surface area contributed by atoms with Crippen LogP contribution in [0.15, 0.2) is 0 Å². The summed E-state index contributed by atoms with van der Waals surface area (Å²) < 4.78 is 46.0. The second-order valence-corrected chi connectivity index (χ2v) is 6.97. The fraction of sp³-hybridized carbons (Fsp3) is 1.00. The molecule has 1 saturated heterocycles. The van der Waals surface area contributed by atoms with Gasteiger partial charge in [-0.2, -0.15) is 0 Å². The van der Waals surface area contributed by atoms with Gasteiger partial charge in [0.1, 0.15) is 0 Å². The predicted molar refractivity (Wildman–Crippen MR) is 79.3 cm³/mol. The van der Waals surface area contributed by atoms with Crippen LogP contribution in [0, 0.1) is 11.8 Å². The highest BCUT2D eigenvalue weighted by Crippen LogP contribution is 2.49. The van der Waals surface area contributed by atoms with E-state index in [0.717, 1.165) is 32.1 Å². The number of hydrogen-bond donors (Lipinski definition) is 0. The summed E-state index contributed by atoms with van der Waals surface area (Å²) in [5.41, 5.74) is 0. The summed E-state index contributed by atoms with van der Waals surface area (Å²) >= 11 is 0. The van der Waals surface area contributed by atoms with Crippen molar-refractivity contribution in [3.05, 3.63) is 0 Å². The molecule has 2 saturated carbocycles. The molecule has 22 heavy (non-hydrogen) atoms. The van der Waals surface area contributed by atoms with Gasteiger partial charge in [0.05, 0.1) is 24.4 Å². The van der Waals surface area contributed by atoms with Crippen LogP contribution in [0.1, 0.15) is 45.4 Å². The number of unbranched alkanes of at least 4 members (excludes halogenated alkanes) is 1. The normalized spacial score (nSPS) is 48.0. The van der Waals surface area contributed by atoms with Crippen LogP contribution in [0.3, 0.4) is 0 Å². The Morgan fingerprint density at radius 2 is 1.55 bits per heavy atom. The van der Waals surface area contributed by atoms with Gasteiger partial charge in [0.25, 0.3) is 0 Å². The fourth-order valence-corrected chi connectivity index (χ4v) is 4.51. The zero-order valence-electron chi connectivity index (χ0n) is 13.5. The van der Waals surface area contributed by atoms with E-state index < -0.39 is 30.7 Å². The number of alkyl halides is 2. The van der Waals surface area contributed by atoms with Gasteiger partial charge < -0.3 is 14.2 Å². The maximum absolute atomic E-state index is 14.8. The van der Waals surface area contributed by atoms with E-state index in [9.17, 15) is 8.78 Å². The van der Waals surface area contributed by atoms with E-state index in [1.165, 1.54) is 7.11 Å². The first-order valence-corrected chi connectivity index (χ1v) is 8.75. The van der Waals surface area contributed by atoms with Crippen molar-refractivity contribution in [3.63, 3.8) is 0 Å². The molecule has 8 unspecified atom stereocenters. The number of halogens is 2.